The minimum Gasteiger partial charge on any atom is -0.493 e. The first kappa shape index (κ1) is 14.2. The smallest absolute Gasteiger partial charge is 0.162 e. The molecule has 2 rings (SSSR count). The lowest BCUT2D eigenvalue weighted by molar-refractivity contribution is 0.355. The Balaban J connectivity index is 2.28. The molecule has 0 unspecified atom stereocenters. The van der Waals surface area contributed by atoms with Gasteiger partial charge in [-0.25, -0.2) is 0 Å². The van der Waals surface area contributed by atoms with E-state index in [1.165, 1.54) is 0 Å². The lowest BCUT2D eigenvalue weighted by atomic mass is 10.2. The molecule has 102 valence electrons. The van der Waals surface area contributed by atoms with Crippen LogP contribution in [0.2, 0.25) is 0 Å². The van der Waals surface area contributed by atoms with Gasteiger partial charge in [-0.05, 0) is 46.3 Å². The second-order valence-corrected chi connectivity index (χ2v) is 4.86. The summed E-state index contributed by atoms with van der Waals surface area (Å²) in [5.74, 6) is 1.33. The van der Waals surface area contributed by atoms with E-state index in [9.17, 15) is 0 Å². The zero-order chi connectivity index (χ0) is 14.5. The van der Waals surface area contributed by atoms with Crippen LogP contribution in [-0.4, -0.2) is 14.2 Å². The maximum Gasteiger partial charge on any atom is 0.162 e. The summed E-state index contributed by atoms with van der Waals surface area (Å²) in [4.78, 5) is 0. The van der Waals surface area contributed by atoms with Crippen LogP contribution in [0.15, 0.2) is 40.9 Å². The van der Waals surface area contributed by atoms with E-state index < -0.39 is 0 Å². The summed E-state index contributed by atoms with van der Waals surface area (Å²) in [6.45, 7) is 0. The van der Waals surface area contributed by atoms with Gasteiger partial charge in [-0.3, -0.25) is 0 Å². The van der Waals surface area contributed by atoms with Crippen LogP contribution in [0.25, 0.3) is 0 Å². The highest BCUT2D eigenvalue weighted by Crippen LogP contribution is 2.33. The third-order valence-electron chi connectivity index (χ3n) is 2.76. The fourth-order valence-electron chi connectivity index (χ4n) is 1.76. The van der Waals surface area contributed by atoms with E-state index in [0.29, 0.717) is 17.1 Å². The maximum atomic E-state index is 8.85. The highest BCUT2D eigenvalue weighted by atomic mass is 79.9. The van der Waals surface area contributed by atoms with Gasteiger partial charge in [0.1, 0.15) is 0 Å². The van der Waals surface area contributed by atoms with Crippen molar-refractivity contribution in [3.8, 4) is 17.6 Å². The number of nitrogens with zero attached hydrogens (tertiary/aromatic N) is 1. The van der Waals surface area contributed by atoms with E-state index in [0.717, 1.165) is 15.8 Å². The number of anilines is 2. The summed E-state index contributed by atoms with van der Waals surface area (Å²) in [6, 6.07) is 13.0. The van der Waals surface area contributed by atoms with Crippen LogP contribution >= 0.6 is 15.9 Å². The zero-order valence-corrected chi connectivity index (χ0v) is 12.7. The number of ether oxygens (including phenoxy) is 2. The second-order valence-electron chi connectivity index (χ2n) is 4.00. The van der Waals surface area contributed by atoms with Gasteiger partial charge in [-0.2, -0.15) is 5.26 Å². The number of hydrogen-bond donors (Lipinski definition) is 1. The van der Waals surface area contributed by atoms with Gasteiger partial charge in [0.05, 0.1) is 31.5 Å². The Morgan fingerprint density at radius 2 is 1.80 bits per heavy atom. The first-order chi connectivity index (χ1) is 9.67. The van der Waals surface area contributed by atoms with Gasteiger partial charge in [0.2, 0.25) is 0 Å². The minimum absolute atomic E-state index is 0.606. The number of nitriles is 1. The van der Waals surface area contributed by atoms with Crippen LogP contribution in [0.3, 0.4) is 0 Å². The normalized spacial score (nSPS) is 9.70. The van der Waals surface area contributed by atoms with E-state index in [4.69, 9.17) is 14.7 Å². The molecule has 0 atom stereocenters. The molecule has 0 heterocycles. The number of methoxy groups -OCH3 is 2. The Hall–Kier alpha value is -2.19. The van der Waals surface area contributed by atoms with E-state index in [1.807, 2.05) is 24.3 Å². The molecule has 0 saturated carbocycles. The molecule has 2 aromatic rings. The SMILES string of the molecule is COc1ccc(Nc2ccc(C#N)cc2Br)cc1OC. The van der Waals surface area contributed by atoms with Gasteiger partial charge in [0.15, 0.2) is 11.5 Å². The molecule has 0 aromatic heterocycles. The Kier molecular flexibility index (Phi) is 4.49. The Labute approximate surface area is 126 Å². The molecule has 1 N–H and O–H groups in total. The lowest BCUT2D eigenvalue weighted by Gasteiger charge is -2.12. The van der Waals surface area contributed by atoms with E-state index >= 15 is 0 Å². The molecular formula is C15H13BrN2O2. The average molecular weight is 333 g/mol. The monoisotopic (exact) mass is 332 g/mol. The molecule has 0 amide bonds. The van der Waals surface area contributed by atoms with Crippen LogP contribution in [0, 0.1) is 11.3 Å². The topological polar surface area (TPSA) is 54.3 Å². The maximum absolute atomic E-state index is 8.85. The molecular weight excluding hydrogens is 320 g/mol. The molecule has 0 bridgehead atoms. The molecule has 0 fully saturated rings. The highest BCUT2D eigenvalue weighted by Gasteiger charge is 2.06. The van der Waals surface area contributed by atoms with Crippen LogP contribution in [0.4, 0.5) is 11.4 Å². The molecule has 0 radical (unpaired) electrons. The predicted octanol–water partition coefficient (Wildman–Crippen LogP) is 4.08. The number of nitrogens with one attached hydrogen (secondary N) is 1. The summed E-state index contributed by atoms with van der Waals surface area (Å²) < 4.78 is 11.3. The van der Waals surface area contributed by atoms with Crippen molar-refractivity contribution < 1.29 is 9.47 Å². The van der Waals surface area contributed by atoms with E-state index in [-0.39, 0.29) is 0 Å². The first-order valence-electron chi connectivity index (χ1n) is 5.86. The second kappa shape index (κ2) is 6.31. The first-order valence-corrected chi connectivity index (χ1v) is 6.66. The fraction of sp³-hybridized carbons (Fsp3) is 0.133. The quantitative estimate of drug-likeness (QED) is 0.916. The third-order valence-corrected chi connectivity index (χ3v) is 3.42. The van der Waals surface area contributed by atoms with Crippen LogP contribution in [-0.2, 0) is 0 Å². The van der Waals surface area contributed by atoms with Gasteiger partial charge >= 0.3 is 0 Å². The van der Waals surface area contributed by atoms with Crippen molar-refractivity contribution in [1.29, 1.82) is 5.26 Å². The molecule has 0 saturated heterocycles. The zero-order valence-electron chi connectivity index (χ0n) is 11.1. The summed E-state index contributed by atoms with van der Waals surface area (Å²) in [5.41, 5.74) is 2.35. The van der Waals surface area contributed by atoms with Crippen molar-refractivity contribution >= 4 is 27.3 Å². The minimum atomic E-state index is 0.606. The third kappa shape index (κ3) is 3.03. The Morgan fingerprint density at radius 3 is 2.40 bits per heavy atom. The number of benzene rings is 2. The molecule has 0 spiro atoms. The molecule has 0 aliphatic rings. The van der Waals surface area contributed by atoms with Gasteiger partial charge in [0, 0.05) is 16.2 Å². The van der Waals surface area contributed by atoms with Crippen LogP contribution in [0.5, 0.6) is 11.5 Å². The van der Waals surface area contributed by atoms with Gasteiger partial charge in [0.25, 0.3) is 0 Å². The van der Waals surface area contributed by atoms with Crippen molar-refractivity contribution in [3.05, 3.63) is 46.4 Å². The fourth-order valence-corrected chi connectivity index (χ4v) is 2.23. The predicted molar refractivity (Wildman–Crippen MR) is 81.7 cm³/mol. The van der Waals surface area contributed by atoms with Crippen molar-refractivity contribution in [1.82, 2.24) is 0 Å². The Morgan fingerprint density at radius 1 is 1.05 bits per heavy atom. The lowest BCUT2D eigenvalue weighted by Crippen LogP contribution is -1.95. The summed E-state index contributed by atoms with van der Waals surface area (Å²) in [5, 5.41) is 12.1. The van der Waals surface area contributed by atoms with Crippen LogP contribution in [0.1, 0.15) is 5.56 Å². The van der Waals surface area contributed by atoms with E-state index in [2.05, 4.69) is 27.3 Å². The number of halogens is 1. The van der Waals surface area contributed by atoms with Crippen molar-refractivity contribution in [2.24, 2.45) is 0 Å². The Bertz CT molecular complexity index is 665. The highest BCUT2D eigenvalue weighted by molar-refractivity contribution is 9.10. The van der Waals surface area contributed by atoms with Gasteiger partial charge in [-0.1, -0.05) is 0 Å². The van der Waals surface area contributed by atoms with Crippen molar-refractivity contribution in [2.75, 3.05) is 19.5 Å². The van der Waals surface area contributed by atoms with Crippen LogP contribution < -0.4 is 14.8 Å². The summed E-state index contributed by atoms with van der Waals surface area (Å²) in [7, 11) is 3.20. The largest absolute Gasteiger partial charge is 0.493 e. The molecule has 20 heavy (non-hydrogen) atoms. The van der Waals surface area contributed by atoms with Crippen molar-refractivity contribution in [3.63, 3.8) is 0 Å². The molecule has 5 heteroatoms. The number of rotatable bonds is 4. The van der Waals surface area contributed by atoms with E-state index in [1.54, 1.807) is 26.4 Å². The summed E-state index contributed by atoms with van der Waals surface area (Å²) in [6.07, 6.45) is 0. The molecule has 0 aliphatic heterocycles. The standard InChI is InChI=1S/C15H13BrN2O2/c1-19-14-6-4-11(8-15(14)20-2)18-13-5-3-10(9-17)7-12(13)16/h3-8,18H,1-2H3. The molecule has 0 aliphatic carbocycles. The average Bonchev–Trinajstić information content (AvgIpc) is 2.49. The summed E-state index contributed by atoms with van der Waals surface area (Å²) >= 11 is 3.44. The number of hydrogen-bond acceptors (Lipinski definition) is 4. The van der Waals surface area contributed by atoms with Crippen molar-refractivity contribution in [2.45, 2.75) is 0 Å². The van der Waals surface area contributed by atoms with Gasteiger partial charge in [-0.15, -0.1) is 0 Å². The molecule has 4 nitrogen and oxygen atoms in total. The van der Waals surface area contributed by atoms with Gasteiger partial charge < -0.3 is 14.8 Å². The molecule has 2 aromatic carbocycles.